The Bertz CT molecular complexity index is 1470. The van der Waals surface area contributed by atoms with Crippen LogP contribution in [-0.2, 0) is 21.2 Å². The molecule has 1 N–H and O–H groups in total. The summed E-state index contributed by atoms with van der Waals surface area (Å²) in [6, 6.07) is 16.2. The molecule has 1 heterocycles. The quantitative estimate of drug-likeness (QED) is 0.240. The first-order valence-electron chi connectivity index (χ1n) is 12.3. The Balaban J connectivity index is 1.47. The van der Waals surface area contributed by atoms with Gasteiger partial charge in [0.05, 0.1) is 31.0 Å². The van der Waals surface area contributed by atoms with Gasteiger partial charge >= 0.3 is 5.97 Å². The van der Waals surface area contributed by atoms with Crippen LogP contribution in [0.2, 0.25) is 10.0 Å². The van der Waals surface area contributed by atoms with Crippen molar-refractivity contribution in [1.82, 2.24) is 9.21 Å². The standard InChI is InChI=1S/C28H29Cl2N3O6S/c1-32(17-31-26-11-12-33(26)40(36,37)22-15-20(29)14-21(30)16-22)23(28(34)35)13-18-7-9-19(10-8-18)27-24(38-2)5-4-6-25(27)39-3/h4-10,14-17,23,26H,11-13H2,1-3H3,(H,34,35)/b31-17+/t23-,26?/m0/s1. The molecule has 9 nitrogen and oxygen atoms in total. The molecule has 4 rings (SSSR count). The van der Waals surface area contributed by atoms with Gasteiger partial charge in [0.2, 0.25) is 10.0 Å². The number of likely N-dealkylation sites (N-methyl/N-ethyl adjacent to an activating group) is 1. The van der Waals surface area contributed by atoms with Gasteiger partial charge in [-0.1, -0.05) is 53.5 Å². The molecule has 40 heavy (non-hydrogen) atoms. The molecule has 0 aliphatic carbocycles. The first-order valence-corrected chi connectivity index (χ1v) is 14.5. The van der Waals surface area contributed by atoms with E-state index >= 15 is 0 Å². The van der Waals surface area contributed by atoms with Crippen molar-refractivity contribution >= 4 is 45.5 Å². The molecule has 1 fully saturated rings. The van der Waals surface area contributed by atoms with Gasteiger partial charge in [-0.05, 0) is 47.9 Å². The first kappa shape index (κ1) is 29.7. The number of ether oxygens (including phenoxy) is 2. The van der Waals surface area contributed by atoms with Crippen molar-refractivity contribution in [3.8, 4) is 22.6 Å². The van der Waals surface area contributed by atoms with Crippen molar-refractivity contribution in [1.29, 1.82) is 0 Å². The smallest absolute Gasteiger partial charge is 0.326 e. The number of benzene rings is 3. The molecule has 1 unspecified atom stereocenters. The van der Waals surface area contributed by atoms with Crippen LogP contribution in [0.15, 0.2) is 70.6 Å². The minimum absolute atomic E-state index is 0.0177. The van der Waals surface area contributed by atoms with Crippen molar-refractivity contribution < 1.29 is 27.8 Å². The second-order valence-electron chi connectivity index (χ2n) is 9.21. The molecule has 12 heteroatoms. The van der Waals surface area contributed by atoms with Crippen LogP contribution in [-0.4, -0.2) is 75.1 Å². The number of aliphatic imine (C=N–C) groups is 1. The number of carbonyl (C=O) groups is 1. The Labute approximate surface area is 243 Å². The van der Waals surface area contributed by atoms with Crippen LogP contribution in [0.1, 0.15) is 12.0 Å². The van der Waals surface area contributed by atoms with Crippen LogP contribution in [0.4, 0.5) is 0 Å². The normalized spacial score (nSPS) is 16.4. The summed E-state index contributed by atoms with van der Waals surface area (Å²) in [5, 5.41) is 10.4. The third kappa shape index (κ3) is 6.36. The summed E-state index contributed by atoms with van der Waals surface area (Å²) in [5.74, 6) is 0.296. The van der Waals surface area contributed by atoms with Crippen LogP contribution >= 0.6 is 23.2 Å². The van der Waals surface area contributed by atoms with E-state index in [0.717, 1.165) is 16.7 Å². The molecule has 3 aromatic rings. The highest BCUT2D eigenvalue weighted by Gasteiger charge is 2.38. The molecule has 2 atom stereocenters. The molecule has 0 saturated carbocycles. The molecular formula is C28H29Cl2N3O6S. The maximum Gasteiger partial charge on any atom is 0.326 e. The zero-order valence-electron chi connectivity index (χ0n) is 22.1. The van der Waals surface area contributed by atoms with Gasteiger partial charge in [0, 0.05) is 30.1 Å². The largest absolute Gasteiger partial charge is 0.496 e. The maximum absolute atomic E-state index is 13.1. The molecule has 0 aromatic heterocycles. The molecule has 1 saturated heterocycles. The number of hydrogen-bond donors (Lipinski definition) is 1. The van der Waals surface area contributed by atoms with Crippen molar-refractivity contribution in [3.05, 3.63) is 76.3 Å². The van der Waals surface area contributed by atoms with E-state index < -0.39 is 28.2 Å². The molecule has 212 valence electrons. The lowest BCUT2D eigenvalue weighted by atomic mass is 9.99. The average molecular weight is 607 g/mol. The van der Waals surface area contributed by atoms with Gasteiger partial charge in [-0.2, -0.15) is 4.31 Å². The van der Waals surface area contributed by atoms with E-state index in [4.69, 9.17) is 32.7 Å². The Morgan fingerprint density at radius 3 is 2.20 bits per heavy atom. The number of rotatable bonds is 11. The number of carboxylic acids is 1. The summed E-state index contributed by atoms with van der Waals surface area (Å²) >= 11 is 12.0. The Kier molecular flexibility index (Phi) is 9.25. The van der Waals surface area contributed by atoms with Crippen molar-refractivity contribution in [2.75, 3.05) is 27.8 Å². The Morgan fingerprint density at radius 1 is 1.10 bits per heavy atom. The average Bonchev–Trinajstić information content (AvgIpc) is 2.90. The van der Waals surface area contributed by atoms with Crippen molar-refractivity contribution in [3.63, 3.8) is 0 Å². The zero-order valence-corrected chi connectivity index (χ0v) is 24.4. The summed E-state index contributed by atoms with van der Waals surface area (Å²) in [6.07, 6.45) is 1.43. The zero-order chi connectivity index (χ0) is 29.0. The highest BCUT2D eigenvalue weighted by Crippen LogP contribution is 2.38. The van der Waals surface area contributed by atoms with E-state index in [1.807, 2.05) is 42.5 Å². The first-order chi connectivity index (χ1) is 19.0. The van der Waals surface area contributed by atoms with Gasteiger partial charge in [0.25, 0.3) is 0 Å². The summed E-state index contributed by atoms with van der Waals surface area (Å²) in [4.78, 5) is 18.0. The highest BCUT2D eigenvalue weighted by atomic mass is 35.5. The molecule has 0 spiro atoms. The second-order valence-corrected chi connectivity index (χ2v) is 12.0. The number of carboxylic acid groups (broad SMARTS) is 1. The van der Waals surface area contributed by atoms with Crippen molar-refractivity contribution in [2.24, 2.45) is 4.99 Å². The summed E-state index contributed by atoms with van der Waals surface area (Å²) in [7, 11) is 0.913. The number of sulfonamides is 1. The predicted molar refractivity (Wildman–Crippen MR) is 155 cm³/mol. The lowest BCUT2D eigenvalue weighted by Crippen LogP contribution is -2.50. The summed E-state index contributed by atoms with van der Waals surface area (Å²) < 4.78 is 38.4. The summed E-state index contributed by atoms with van der Waals surface area (Å²) in [5.41, 5.74) is 2.47. The molecule has 0 amide bonds. The lowest BCUT2D eigenvalue weighted by Gasteiger charge is -2.37. The van der Waals surface area contributed by atoms with Gasteiger partial charge in [0.1, 0.15) is 23.7 Å². The van der Waals surface area contributed by atoms with E-state index in [-0.39, 0.29) is 27.9 Å². The van der Waals surface area contributed by atoms with Gasteiger partial charge in [-0.3, -0.25) is 4.99 Å². The van der Waals surface area contributed by atoms with E-state index in [2.05, 4.69) is 4.99 Å². The second kappa shape index (κ2) is 12.5. The predicted octanol–water partition coefficient (Wildman–Crippen LogP) is 5.05. The minimum Gasteiger partial charge on any atom is -0.496 e. The van der Waals surface area contributed by atoms with Gasteiger partial charge in [0.15, 0.2) is 0 Å². The Hall–Kier alpha value is -3.31. The third-order valence-electron chi connectivity index (χ3n) is 6.68. The maximum atomic E-state index is 13.1. The Morgan fingerprint density at radius 2 is 1.70 bits per heavy atom. The molecule has 0 radical (unpaired) electrons. The molecule has 3 aromatic carbocycles. The fraction of sp³-hybridized carbons (Fsp3) is 0.286. The van der Waals surface area contributed by atoms with Gasteiger partial charge in [-0.15, -0.1) is 0 Å². The van der Waals surface area contributed by atoms with Gasteiger partial charge in [-0.25, -0.2) is 13.2 Å². The van der Waals surface area contributed by atoms with Crippen LogP contribution in [0, 0.1) is 0 Å². The van der Waals surface area contributed by atoms with E-state index in [1.54, 1.807) is 21.3 Å². The molecule has 1 aliphatic rings. The molecule has 0 bridgehead atoms. The topological polar surface area (TPSA) is 109 Å². The van der Waals surface area contributed by atoms with E-state index in [1.165, 1.54) is 33.7 Å². The molecule has 1 aliphatic heterocycles. The fourth-order valence-corrected chi connectivity index (χ4v) is 6.73. The highest BCUT2D eigenvalue weighted by molar-refractivity contribution is 7.89. The molecular weight excluding hydrogens is 577 g/mol. The van der Waals surface area contributed by atoms with Crippen LogP contribution in [0.25, 0.3) is 11.1 Å². The minimum atomic E-state index is -3.87. The monoisotopic (exact) mass is 605 g/mol. The number of nitrogens with zero attached hydrogens (tertiary/aromatic N) is 3. The number of halogens is 2. The lowest BCUT2D eigenvalue weighted by molar-refractivity contribution is -0.141. The third-order valence-corrected chi connectivity index (χ3v) is 8.99. The van der Waals surface area contributed by atoms with Crippen LogP contribution < -0.4 is 9.47 Å². The number of methoxy groups -OCH3 is 2. The van der Waals surface area contributed by atoms with Crippen LogP contribution in [0.3, 0.4) is 0 Å². The summed E-state index contributed by atoms with van der Waals surface area (Å²) in [6.45, 7) is 0.282. The van der Waals surface area contributed by atoms with E-state index in [9.17, 15) is 18.3 Å². The SMILES string of the molecule is COc1cccc(OC)c1-c1ccc(C[C@@H](C(=O)O)N(C)/C=N/C2CCN2S(=O)(=O)c2cc(Cl)cc(Cl)c2)cc1. The fourth-order valence-electron chi connectivity index (χ4n) is 4.43. The number of aliphatic carboxylic acids is 1. The van der Waals surface area contributed by atoms with Gasteiger partial charge < -0.3 is 19.5 Å². The van der Waals surface area contributed by atoms with Crippen LogP contribution in [0.5, 0.6) is 11.5 Å². The van der Waals surface area contributed by atoms with Crippen molar-refractivity contribution in [2.45, 2.75) is 29.9 Å². The van der Waals surface area contributed by atoms with E-state index in [0.29, 0.717) is 17.9 Å². The number of hydrogen-bond acceptors (Lipinski definition) is 6.